The molecule has 3 nitrogen and oxygen atoms in total. The van der Waals surface area contributed by atoms with Crippen LogP contribution in [0.15, 0.2) is 24.3 Å². The maximum absolute atomic E-state index is 10.1. The van der Waals surface area contributed by atoms with E-state index in [2.05, 4.69) is 11.2 Å². The molecule has 0 aliphatic carbocycles. The van der Waals surface area contributed by atoms with E-state index >= 15 is 0 Å². The quantitative estimate of drug-likeness (QED) is 0.630. The number of hydrogen-bond donors (Lipinski definition) is 2. The van der Waals surface area contributed by atoms with Crippen LogP contribution in [-0.2, 0) is 4.79 Å². The number of benzene rings is 1. The summed E-state index contributed by atoms with van der Waals surface area (Å²) in [5.41, 5.74) is 1.67. The molecule has 0 aromatic heterocycles. The Morgan fingerprint density at radius 1 is 1.38 bits per heavy atom. The number of nitrogens with one attached hydrogen (secondary N) is 1. The van der Waals surface area contributed by atoms with E-state index in [0.29, 0.717) is 5.56 Å². The molecule has 0 heterocycles. The maximum atomic E-state index is 10.1. The summed E-state index contributed by atoms with van der Waals surface area (Å²) in [5.74, 6) is 3.45. The molecule has 0 amide bonds. The molecule has 0 atom stereocenters. The number of carboxylic acid groups (broad SMARTS) is 1. The summed E-state index contributed by atoms with van der Waals surface area (Å²) >= 11 is 0. The average Bonchev–Trinajstić information content (AvgIpc) is 2.15. The topological polar surface area (TPSA) is 49.3 Å². The van der Waals surface area contributed by atoms with Gasteiger partial charge in [-0.25, -0.2) is 4.79 Å². The van der Waals surface area contributed by atoms with Crippen LogP contribution in [-0.4, -0.2) is 18.1 Å². The first-order valence-corrected chi connectivity index (χ1v) is 3.75. The fraction of sp³-hybridized carbons (Fsp3) is 0.100. The number of carboxylic acids is 1. The molecule has 1 aromatic carbocycles. The largest absolute Gasteiger partial charge is 0.472 e. The Morgan fingerprint density at radius 2 is 2.00 bits per heavy atom. The van der Waals surface area contributed by atoms with Gasteiger partial charge in [0.25, 0.3) is 0 Å². The van der Waals surface area contributed by atoms with Gasteiger partial charge in [-0.3, -0.25) is 0 Å². The third kappa shape index (κ3) is 2.88. The number of anilines is 1. The molecule has 13 heavy (non-hydrogen) atoms. The Labute approximate surface area is 76.4 Å². The molecule has 0 radical (unpaired) electrons. The fourth-order valence-corrected chi connectivity index (χ4v) is 0.846. The molecule has 0 unspecified atom stereocenters. The molecule has 0 aliphatic heterocycles. The van der Waals surface area contributed by atoms with Crippen molar-refractivity contribution in [2.45, 2.75) is 0 Å². The SMILES string of the molecule is CNc1ccc(C#CC(=O)O)cc1. The Bertz CT molecular complexity index is 357. The molecule has 1 aromatic rings. The van der Waals surface area contributed by atoms with Crippen LogP contribution in [0, 0.1) is 11.8 Å². The minimum Gasteiger partial charge on any atom is -0.472 e. The Kier molecular flexibility index (Phi) is 2.93. The molecule has 0 aliphatic rings. The zero-order valence-corrected chi connectivity index (χ0v) is 7.16. The molecule has 0 saturated carbocycles. The smallest absolute Gasteiger partial charge is 0.382 e. The van der Waals surface area contributed by atoms with Crippen LogP contribution in [0.3, 0.4) is 0 Å². The molecular formula is C10H9NO2. The molecule has 0 fully saturated rings. The van der Waals surface area contributed by atoms with E-state index in [4.69, 9.17) is 5.11 Å². The summed E-state index contributed by atoms with van der Waals surface area (Å²) in [6, 6.07) is 7.21. The molecule has 1 rings (SSSR count). The summed E-state index contributed by atoms with van der Waals surface area (Å²) < 4.78 is 0. The predicted molar refractivity (Wildman–Crippen MR) is 50.5 cm³/mol. The van der Waals surface area contributed by atoms with E-state index in [0.717, 1.165) is 5.69 Å². The number of aliphatic carboxylic acids is 1. The van der Waals surface area contributed by atoms with Crippen molar-refractivity contribution in [1.82, 2.24) is 0 Å². The van der Waals surface area contributed by atoms with E-state index in [1.165, 1.54) is 0 Å². The third-order valence-electron chi connectivity index (χ3n) is 1.49. The predicted octanol–water partition coefficient (Wildman–Crippen LogP) is 1.16. The van der Waals surface area contributed by atoms with Crippen molar-refractivity contribution in [2.24, 2.45) is 0 Å². The summed E-state index contributed by atoms with van der Waals surface area (Å²) in [6.45, 7) is 0. The highest BCUT2D eigenvalue weighted by atomic mass is 16.4. The minimum atomic E-state index is -1.11. The van der Waals surface area contributed by atoms with Gasteiger partial charge >= 0.3 is 5.97 Å². The zero-order chi connectivity index (χ0) is 9.68. The summed E-state index contributed by atoms with van der Waals surface area (Å²) in [4.78, 5) is 10.1. The van der Waals surface area contributed by atoms with Gasteiger partial charge in [-0.2, -0.15) is 0 Å². The Balaban J connectivity index is 2.83. The normalized spacial score (nSPS) is 8.38. The van der Waals surface area contributed by atoms with Crippen molar-refractivity contribution in [3.05, 3.63) is 29.8 Å². The number of carbonyl (C=O) groups is 1. The van der Waals surface area contributed by atoms with Crippen LogP contribution < -0.4 is 5.32 Å². The van der Waals surface area contributed by atoms with Crippen molar-refractivity contribution in [3.63, 3.8) is 0 Å². The van der Waals surface area contributed by atoms with Gasteiger partial charge in [-0.05, 0) is 24.3 Å². The standard InChI is InChI=1S/C10H9NO2/c1-11-9-5-2-8(3-6-9)4-7-10(12)13/h2-3,5-6,11H,1H3,(H,12,13). The summed E-state index contributed by atoms with van der Waals surface area (Å²) in [6.07, 6.45) is 0. The maximum Gasteiger partial charge on any atom is 0.382 e. The van der Waals surface area contributed by atoms with E-state index in [1.807, 2.05) is 25.1 Å². The number of rotatable bonds is 1. The second-order valence-corrected chi connectivity index (χ2v) is 2.38. The first-order valence-electron chi connectivity index (χ1n) is 3.75. The highest BCUT2D eigenvalue weighted by Crippen LogP contribution is 2.06. The molecule has 0 spiro atoms. The van der Waals surface area contributed by atoms with Crippen LogP contribution >= 0.6 is 0 Å². The highest BCUT2D eigenvalue weighted by molar-refractivity contribution is 5.87. The second kappa shape index (κ2) is 4.17. The Morgan fingerprint density at radius 3 is 2.46 bits per heavy atom. The number of hydrogen-bond acceptors (Lipinski definition) is 2. The monoisotopic (exact) mass is 175 g/mol. The van der Waals surface area contributed by atoms with Gasteiger partial charge in [0, 0.05) is 24.2 Å². The highest BCUT2D eigenvalue weighted by Gasteiger charge is 1.89. The first kappa shape index (κ1) is 9.14. The van der Waals surface area contributed by atoms with Gasteiger partial charge in [-0.1, -0.05) is 5.92 Å². The molecule has 0 saturated heterocycles. The van der Waals surface area contributed by atoms with Crippen molar-refractivity contribution in [2.75, 3.05) is 12.4 Å². The Hall–Kier alpha value is -1.95. The van der Waals surface area contributed by atoms with Crippen LogP contribution in [0.5, 0.6) is 0 Å². The fourth-order valence-electron chi connectivity index (χ4n) is 0.846. The van der Waals surface area contributed by atoms with Gasteiger partial charge in [0.05, 0.1) is 0 Å². The molecule has 3 heteroatoms. The summed E-state index contributed by atoms with van der Waals surface area (Å²) in [7, 11) is 1.82. The minimum absolute atomic E-state index is 0.696. The first-order chi connectivity index (χ1) is 6.22. The van der Waals surface area contributed by atoms with Crippen LogP contribution in [0.4, 0.5) is 5.69 Å². The van der Waals surface area contributed by atoms with Gasteiger partial charge < -0.3 is 10.4 Å². The van der Waals surface area contributed by atoms with E-state index in [1.54, 1.807) is 12.1 Å². The van der Waals surface area contributed by atoms with Crippen LogP contribution in [0.1, 0.15) is 5.56 Å². The van der Waals surface area contributed by atoms with Gasteiger partial charge in [-0.15, -0.1) is 0 Å². The lowest BCUT2D eigenvalue weighted by molar-refractivity contribution is -0.130. The van der Waals surface area contributed by atoms with Crippen LogP contribution in [0.2, 0.25) is 0 Å². The summed E-state index contributed by atoms with van der Waals surface area (Å²) in [5, 5.41) is 11.2. The van der Waals surface area contributed by atoms with E-state index < -0.39 is 5.97 Å². The zero-order valence-electron chi connectivity index (χ0n) is 7.16. The molecule has 66 valence electrons. The van der Waals surface area contributed by atoms with Crippen molar-refractivity contribution in [1.29, 1.82) is 0 Å². The lowest BCUT2D eigenvalue weighted by atomic mass is 10.2. The molecular weight excluding hydrogens is 166 g/mol. The lowest BCUT2D eigenvalue weighted by Gasteiger charge is -1.97. The van der Waals surface area contributed by atoms with E-state index in [-0.39, 0.29) is 0 Å². The van der Waals surface area contributed by atoms with Gasteiger partial charge in [0.15, 0.2) is 0 Å². The van der Waals surface area contributed by atoms with E-state index in [9.17, 15) is 4.79 Å². The van der Waals surface area contributed by atoms with Crippen molar-refractivity contribution in [3.8, 4) is 11.8 Å². The molecule has 2 N–H and O–H groups in total. The third-order valence-corrected chi connectivity index (χ3v) is 1.49. The average molecular weight is 175 g/mol. The van der Waals surface area contributed by atoms with Gasteiger partial charge in [0.2, 0.25) is 0 Å². The van der Waals surface area contributed by atoms with Crippen molar-refractivity contribution >= 4 is 11.7 Å². The lowest BCUT2D eigenvalue weighted by Crippen LogP contribution is -1.88. The van der Waals surface area contributed by atoms with Crippen LogP contribution in [0.25, 0.3) is 0 Å². The van der Waals surface area contributed by atoms with Crippen molar-refractivity contribution < 1.29 is 9.90 Å². The van der Waals surface area contributed by atoms with Gasteiger partial charge in [0.1, 0.15) is 0 Å². The molecule has 0 bridgehead atoms. The second-order valence-electron chi connectivity index (χ2n) is 2.38.